The van der Waals surface area contributed by atoms with Crippen LogP contribution in [-0.4, -0.2) is 0 Å². The Hall–Kier alpha value is 0. The molecule has 13 saturated carbocycles. The fourth-order valence-electron chi connectivity index (χ4n) is 18.9. The molecule has 0 N–H and O–H groups in total. The van der Waals surface area contributed by atoms with Crippen LogP contribution in [0.4, 0.5) is 0 Å². The predicted octanol–water partition coefficient (Wildman–Crippen LogP) is 4.45. The van der Waals surface area contributed by atoms with E-state index in [0.717, 1.165) is 27.1 Å². The van der Waals surface area contributed by atoms with Gasteiger partial charge in [0.25, 0.3) is 0 Å². The summed E-state index contributed by atoms with van der Waals surface area (Å²) >= 11 is 0. The second-order valence-corrected chi connectivity index (χ2v) is 14.7. The molecule has 0 radical (unpaired) electrons. The van der Waals surface area contributed by atoms with Crippen molar-refractivity contribution in [2.75, 3.05) is 0 Å². The molecule has 26 heavy (non-hydrogen) atoms. The molecule has 19 unspecified atom stereocenters. The van der Waals surface area contributed by atoms with Gasteiger partial charge < -0.3 is 0 Å². The van der Waals surface area contributed by atoms with E-state index < -0.39 is 0 Å². The molecule has 0 saturated heterocycles. The smallest absolute Gasteiger partial charge is 0.00966 e. The highest BCUT2D eigenvalue weighted by molar-refractivity contribution is 5.63. The number of hydrogen-bond donors (Lipinski definition) is 0. The highest BCUT2D eigenvalue weighted by Gasteiger charge is 3.16. The third-order valence-corrected chi connectivity index (χ3v) is 17.5. The average Bonchev–Trinajstić information content (AvgIpc) is 2.61. The quantitative estimate of drug-likeness (QED) is 0.611. The molecule has 0 heteroatoms. The van der Waals surface area contributed by atoms with Gasteiger partial charge in [0.1, 0.15) is 0 Å². The van der Waals surface area contributed by atoms with Gasteiger partial charge in [-0.2, -0.15) is 0 Å². The van der Waals surface area contributed by atoms with E-state index in [4.69, 9.17) is 0 Å². The monoisotopic (exact) mass is 340 g/mol. The van der Waals surface area contributed by atoms with Crippen molar-refractivity contribution in [3.8, 4) is 0 Å². The van der Waals surface area contributed by atoms with Crippen LogP contribution in [0.2, 0.25) is 0 Å². The lowest BCUT2D eigenvalue weighted by Gasteiger charge is -3.08. The lowest BCUT2D eigenvalue weighted by atomic mass is 8.95. The minimum absolute atomic E-state index is 1.00. The van der Waals surface area contributed by atoms with Crippen LogP contribution in [0.15, 0.2) is 0 Å². The van der Waals surface area contributed by atoms with Crippen LogP contribution in [0.3, 0.4) is 0 Å². The normalized spacial score (nSPS) is 102. The molecule has 13 fully saturated rings. The number of fused-ring (bicyclic) bond motifs is 7. The van der Waals surface area contributed by atoms with E-state index in [1.807, 2.05) is 0 Å². The first-order valence-corrected chi connectivity index (χ1v) is 12.9. The van der Waals surface area contributed by atoms with Gasteiger partial charge in [0, 0.05) is 0 Å². The fraction of sp³-hybridized carbons (Fsp3) is 1.00. The van der Waals surface area contributed by atoms with E-state index in [0.29, 0.717) is 0 Å². The van der Waals surface area contributed by atoms with E-state index >= 15 is 0 Å². The molecule has 0 aromatic heterocycles. The number of rotatable bonds is 0. The maximum atomic E-state index is 1.80. The summed E-state index contributed by atoms with van der Waals surface area (Å²) in [5, 5.41) is 0. The maximum absolute atomic E-state index is 1.80. The minimum atomic E-state index is 1.00. The first kappa shape index (κ1) is 11.3. The molecule has 0 bridgehead atoms. The Kier molecular flexibility index (Phi) is 0.999. The average molecular weight is 341 g/mol. The summed E-state index contributed by atoms with van der Waals surface area (Å²) in [6.45, 7) is 0. The molecule has 5 spiro atoms. The van der Waals surface area contributed by atoms with E-state index in [9.17, 15) is 0 Å². The first-order chi connectivity index (χ1) is 12.9. The first-order valence-electron chi connectivity index (χ1n) is 12.9. The van der Waals surface area contributed by atoms with Crippen LogP contribution in [0.25, 0.3) is 0 Å². The summed E-state index contributed by atoms with van der Waals surface area (Å²) < 4.78 is 0. The van der Waals surface area contributed by atoms with E-state index in [-0.39, 0.29) is 0 Å². The maximum Gasteiger partial charge on any atom is -0.00966 e. The van der Waals surface area contributed by atoms with Crippen molar-refractivity contribution in [2.45, 2.75) is 44.9 Å². The summed E-state index contributed by atoms with van der Waals surface area (Å²) in [5.41, 5.74) is 5.09. The fourth-order valence-corrected chi connectivity index (χ4v) is 18.9. The molecule has 0 aromatic carbocycles. The SMILES string of the molecule is C1C2CC34C2C1C1CC2C5C6C(C5C123)C41C6C2C3CCC34C3CCC3C241. The molecule has 13 aliphatic rings. The van der Waals surface area contributed by atoms with Gasteiger partial charge in [-0.15, -0.1) is 0 Å². The van der Waals surface area contributed by atoms with E-state index in [1.165, 1.54) is 82.9 Å². The van der Waals surface area contributed by atoms with Crippen LogP contribution in [0, 0.1) is 110 Å². The second kappa shape index (κ2) is 2.31. The molecular formula is C26H28. The van der Waals surface area contributed by atoms with Crippen LogP contribution in [0.1, 0.15) is 44.9 Å². The summed E-state index contributed by atoms with van der Waals surface area (Å²) in [6.07, 6.45) is 12.1. The summed E-state index contributed by atoms with van der Waals surface area (Å²) in [5.74, 6) is 18.3. The minimum Gasteiger partial charge on any atom is -0.0493 e. The van der Waals surface area contributed by atoms with E-state index in [2.05, 4.69) is 0 Å². The molecular weight excluding hydrogens is 312 g/mol. The molecule has 0 nitrogen and oxygen atoms in total. The second-order valence-electron chi connectivity index (χ2n) is 14.7. The predicted molar refractivity (Wildman–Crippen MR) is 93.3 cm³/mol. The van der Waals surface area contributed by atoms with Crippen LogP contribution < -0.4 is 0 Å². The largest absolute Gasteiger partial charge is 0.0493 e. The summed E-state index contributed by atoms with van der Waals surface area (Å²) in [6, 6.07) is 0. The Morgan fingerprint density at radius 2 is 1.54 bits per heavy atom. The zero-order chi connectivity index (χ0) is 15.5. The Labute approximate surface area is 155 Å². The molecule has 19 atom stereocenters. The van der Waals surface area contributed by atoms with Crippen molar-refractivity contribution in [1.29, 1.82) is 0 Å². The third-order valence-electron chi connectivity index (χ3n) is 17.5. The Morgan fingerprint density at radius 3 is 2.35 bits per heavy atom. The van der Waals surface area contributed by atoms with Crippen LogP contribution in [0.5, 0.6) is 0 Å². The molecule has 0 aliphatic heterocycles. The van der Waals surface area contributed by atoms with Crippen molar-refractivity contribution < 1.29 is 0 Å². The molecule has 132 valence electrons. The van der Waals surface area contributed by atoms with Crippen molar-refractivity contribution >= 4 is 0 Å². The van der Waals surface area contributed by atoms with Crippen LogP contribution >= 0.6 is 0 Å². The van der Waals surface area contributed by atoms with Crippen molar-refractivity contribution in [2.24, 2.45) is 110 Å². The van der Waals surface area contributed by atoms with Gasteiger partial charge in [-0.1, -0.05) is 0 Å². The summed E-state index contributed by atoms with van der Waals surface area (Å²) in [4.78, 5) is 0. The van der Waals surface area contributed by atoms with Crippen molar-refractivity contribution in [3.63, 3.8) is 0 Å². The van der Waals surface area contributed by atoms with E-state index in [1.54, 1.807) is 44.9 Å². The number of hydrogen-bond acceptors (Lipinski definition) is 0. The molecule has 13 aliphatic carbocycles. The van der Waals surface area contributed by atoms with Gasteiger partial charge in [0.2, 0.25) is 0 Å². The lowest BCUT2D eigenvalue weighted by Crippen LogP contribution is -3.05. The lowest BCUT2D eigenvalue weighted by molar-refractivity contribution is -0.622. The van der Waals surface area contributed by atoms with Gasteiger partial charge in [0.05, 0.1) is 0 Å². The Bertz CT molecular complexity index is 996. The Balaban J connectivity index is 1.20. The molecule has 0 amide bonds. The van der Waals surface area contributed by atoms with Gasteiger partial charge in [-0.25, -0.2) is 0 Å². The zero-order valence-electron chi connectivity index (χ0n) is 15.5. The highest BCUT2D eigenvalue weighted by Crippen LogP contribution is 3.20. The van der Waals surface area contributed by atoms with Gasteiger partial charge in [-0.05, 0) is 155 Å². The highest BCUT2D eigenvalue weighted by atomic mass is 15.2. The van der Waals surface area contributed by atoms with Gasteiger partial charge in [0.15, 0.2) is 0 Å². The topological polar surface area (TPSA) is 0 Å². The molecule has 13 rings (SSSR count). The van der Waals surface area contributed by atoms with Gasteiger partial charge >= 0.3 is 0 Å². The van der Waals surface area contributed by atoms with Crippen LogP contribution in [-0.2, 0) is 0 Å². The molecule has 0 heterocycles. The standard InChI is InChI=1S/C26H28/c1-2-11-10(1)22-4-3-12(22)18-20-16-15-14-6-13-9-5-8-7-23(17(8)9)24(13,14)19(15)21(16)26(20,23)25(11,18)22/h8-21H,1-7H2. The zero-order valence-corrected chi connectivity index (χ0v) is 15.5. The van der Waals surface area contributed by atoms with Crippen molar-refractivity contribution in [3.05, 3.63) is 0 Å². The molecule has 0 aromatic rings. The summed E-state index contributed by atoms with van der Waals surface area (Å²) in [7, 11) is 0. The van der Waals surface area contributed by atoms with Gasteiger partial charge in [-0.3, -0.25) is 0 Å². The van der Waals surface area contributed by atoms with Crippen molar-refractivity contribution in [1.82, 2.24) is 0 Å². The third kappa shape index (κ3) is 0.450. The Morgan fingerprint density at radius 1 is 0.615 bits per heavy atom.